The molecule has 0 aliphatic carbocycles. The van der Waals surface area contributed by atoms with Crippen LogP contribution in [-0.4, -0.2) is 9.55 Å². The van der Waals surface area contributed by atoms with E-state index in [2.05, 4.69) is 113 Å². The van der Waals surface area contributed by atoms with Crippen molar-refractivity contribution < 1.29 is 0 Å². The van der Waals surface area contributed by atoms with Crippen LogP contribution in [0.1, 0.15) is 0 Å². The Kier molecular flexibility index (Phi) is 3.31. The molecule has 0 saturated heterocycles. The first-order chi connectivity index (χ1) is 16.4. The molecule has 0 unspecified atom stereocenters. The molecule has 0 bridgehead atoms. The first-order valence-electron chi connectivity index (χ1n) is 11.2. The van der Waals surface area contributed by atoms with Crippen molar-refractivity contribution in [2.75, 3.05) is 0 Å². The molecule has 0 atom stereocenters. The molecule has 3 heterocycles. The fourth-order valence-corrected chi connectivity index (χ4v) is 6.81. The number of aromatic nitrogens is 2. The highest BCUT2D eigenvalue weighted by molar-refractivity contribution is 7.25. The topological polar surface area (TPSA) is 20.7 Å². The second-order valence-corrected chi connectivity index (χ2v) is 9.67. The van der Waals surface area contributed by atoms with Crippen LogP contribution in [0.15, 0.2) is 103 Å². The highest BCUT2D eigenvalue weighted by Gasteiger charge is 2.22. The maximum Gasteiger partial charge on any atom is 0.111 e. The van der Waals surface area contributed by atoms with Crippen LogP contribution in [0.2, 0.25) is 0 Å². The summed E-state index contributed by atoms with van der Waals surface area (Å²) >= 11 is 1.86. The Morgan fingerprint density at radius 2 is 1.24 bits per heavy atom. The number of benzene rings is 5. The molecule has 1 N–H and O–H groups in total. The molecule has 0 saturated carbocycles. The Morgan fingerprint density at radius 3 is 2.09 bits per heavy atom. The Morgan fingerprint density at radius 1 is 0.545 bits per heavy atom. The Labute approximate surface area is 193 Å². The molecule has 8 rings (SSSR count). The van der Waals surface area contributed by atoms with Crippen molar-refractivity contribution in [2.45, 2.75) is 0 Å². The van der Waals surface area contributed by atoms with Crippen molar-refractivity contribution >= 4 is 75.1 Å². The Hall–Kier alpha value is -4.08. The highest BCUT2D eigenvalue weighted by atomic mass is 32.1. The molecule has 5 aromatic carbocycles. The maximum atomic E-state index is 3.73. The van der Waals surface area contributed by atoms with E-state index >= 15 is 0 Å². The van der Waals surface area contributed by atoms with Crippen LogP contribution < -0.4 is 0 Å². The highest BCUT2D eigenvalue weighted by Crippen LogP contribution is 2.47. The number of fused-ring (bicyclic) bond motifs is 11. The first kappa shape index (κ1) is 17.5. The normalized spacial score (nSPS) is 12.2. The van der Waals surface area contributed by atoms with Gasteiger partial charge in [0.05, 0.1) is 5.52 Å². The van der Waals surface area contributed by atoms with Gasteiger partial charge in [0.25, 0.3) is 0 Å². The van der Waals surface area contributed by atoms with Gasteiger partial charge < -0.3 is 9.55 Å². The summed E-state index contributed by atoms with van der Waals surface area (Å²) in [6.45, 7) is 0. The van der Waals surface area contributed by atoms with Crippen molar-refractivity contribution in [3.05, 3.63) is 103 Å². The Bertz CT molecular complexity index is 2020. The monoisotopic (exact) mass is 438 g/mol. The third kappa shape index (κ3) is 2.22. The summed E-state index contributed by atoms with van der Waals surface area (Å²) in [6.07, 6.45) is 0. The van der Waals surface area contributed by atoms with Gasteiger partial charge in [0, 0.05) is 38.1 Å². The zero-order chi connectivity index (χ0) is 21.5. The van der Waals surface area contributed by atoms with Crippen molar-refractivity contribution in [1.82, 2.24) is 9.55 Å². The molecule has 0 fully saturated rings. The van der Waals surface area contributed by atoms with Crippen LogP contribution in [0, 0.1) is 0 Å². The fraction of sp³-hybridized carbons (Fsp3) is 0. The van der Waals surface area contributed by atoms with Gasteiger partial charge in [-0.1, -0.05) is 96.3 Å². The lowest BCUT2D eigenvalue weighted by molar-refractivity contribution is 1.20. The quantitative estimate of drug-likeness (QED) is 0.264. The minimum Gasteiger partial charge on any atom is -0.346 e. The van der Waals surface area contributed by atoms with E-state index in [1.807, 2.05) is 11.3 Å². The van der Waals surface area contributed by atoms with Gasteiger partial charge in [-0.2, -0.15) is 0 Å². The van der Waals surface area contributed by atoms with E-state index in [1.165, 1.54) is 69.5 Å². The van der Waals surface area contributed by atoms with Crippen molar-refractivity contribution in [2.24, 2.45) is 0 Å². The number of nitrogens with one attached hydrogen (secondary N) is 1. The minimum atomic E-state index is 1.20. The molecule has 0 aliphatic heterocycles. The molecule has 0 radical (unpaired) electrons. The second kappa shape index (κ2) is 6.25. The van der Waals surface area contributed by atoms with Crippen LogP contribution in [0.4, 0.5) is 0 Å². The lowest BCUT2D eigenvalue weighted by Gasteiger charge is -2.08. The van der Waals surface area contributed by atoms with Gasteiger partial charge >= 0.3 is 0 Å². The molecule has 3 aromatic heterocycles. The van der Waals surface area contributed by atoms with Crippen molar-refractivity contribution in [3.8, 4) is 5.69 Å². The number of aromatic amines is 1. The summed E-state index contributed by atoms with van der Waals surface area (Å²) < 4.78 is 2.46. The predicted octanol–water partition coefficient (Wildman–Crippen LogP) is 8.79. The van der Waals surface area contributed by atoms with Crippen LogP contribution in [-0.2, 0) is 0 Å². The molecule has 154 valence electrons. The number of hydrogen-bond donors (Lipinski definition) is 1. The average Bonchev–Trinajstić information content (AvgIpc) is 3.51. The zero-order valence-corrected chi connectivity index (χ0v) is 18.5. The van der Waals surface area contributed by atoms with E-state index in [-0.39, 0.29) is 0 Å². The van der Waals surface area contributed by atoms with Crippen LogP contribution in [0.3, 0.4) is 0 Å². The minimum absolute atomic E-state index is 1.20. The molecule has 3 heteroatoms. The summed E-state index contributed by atoms with van der Waals surface area (Å²) in [5.74, 6) is 0. The Balaban J connectivity index is 1.69. The summed E-state index contributed by atoms with van der Waals surface area (Å²) in [5, 5.41) is 10.5. The number of thiophene rings is 1. The summed E-state index contributed by atoms with van der Waals surface area (Å²) in [6, 6.07) is 37.2. The third-order valence-corrected chi connectivity index (χ3v) is 8.02. The summed E-state index contributed by atoms with van der Waals surface area (Å²) in [7, 11) is 0. The van der Waals surface area contributed by atoms with Gasteiger partial charge in [-0.25, -0.2) is 0 Å². The van der Waals surface area contributed by atoms with Crippen LogP contribution in [0.25, 0.3) is 69.5 Å². The van der Waals surface area contributed by atoms with E-state index in [0.29, 0.717) is 0 Å². The third-order valence-electron chi connectivity index (χ3n) is 6.93. The van der Waals surface area contributed by atoms with Gasteiger partial charge in [0.15, 0.2) is 0 Å². The number of para-hydroxylation sites is 1. The number of nitrogens with zero attached hydrogens (tertiary/aromatic N) is 1. The second-order valence-electron chi connectivity index (χ2n) is 8.67. The molecule has 33 heavy (non-hydrogen) atoms. The van der Waals surface area contributed by atoms with Crippen LogP contribution in [0.5, 0.6) is 0 Å². The molecule has 8 aromatic rings. The fourth-order valence-electron chi connectivity index (χ4n) is 5.54. The zero-order valence-electron chi connectivity index (χ0n) is 17.7. The molecular weight excluding hydrogens is 420 g/mol. The first-order valence-corrected chi connectivity index (χ1v) is 12.0. The number of rotatable bonds is 1. The van der Waals surface area contributed by atoms with Crippen molar-refractivity contribution in [1.29, 1.82) is 0 Å². The number of hydrogen-bond acceptors (Lipinski definition) is 1. The SMILES string of the molecule is c1ccc(-n2c3sc4[nH]c5ccc6ccccc6c5c4c3c3ccc4ccccc4c32)cc1. The van der Waals surface area contributed by atoms with Gasteiger partial charge in [0.1, 0.15) is 9.66 Å². The smallest absolute Gasteiger partial charge is 0.111 e. The molecular formula is C30H18N2S. The summed E-state index contributed by atoms with van der Waals surface area (Å²) in [4.78, 5) is 6.27. The molecule has 0 spiro atoms. The average molecular weight is 439 g/mol. The maximum absolute atomic E-state index is 3.73. The molecule has 2 nitrogen and oxygen atoms in total. The van der Waals surface area contributed by atoms with E-state index in [0.717, 1.165) is 0 Å². The van der Waals surface area contributed by atoms with Gasteiger partial charge in [-0.3, -0.25) is 0 Å². The van der Waals surface area contributed by atoms with Gasteiger partial charge in [0.2, 0.25) is 0 Å². The van der Waals surface area contributed by atoms with E-state index in [4.69, 9.17) is 0 Å². The largest absolute Gasteiger partial charge is 0.346 e. The van der Waals surface area contributed by atoms with Crippen molar-refractivity contribution in [3.63, 3.8) is 0 Å². The van der Waals surface area contributed by atoms with E-state index in [9.17, 15) is 0 Å². The molecule has 0 amide bonds. The van der Waals surface area contributed by atoms with E-state index in [1.54, 1.807) is 0 Å². The van der Waals surface area contributed by atoms with Gasteiger partial charge in [-0.15, -0.1) is 0 Å². The predicted molar refractivity (Wildman–Crippen MR) is 143 cm³/mol. The summed E-state index contributed by atoms with van der Waals surface area (Å²) in [5.41, 5.74) is 3.70. The lowest BCUT2D eigenvalue weighted by atomic mass is 10.0. The van der Waals surface area contributed by atoms with E-state index < -0.39 is 0 Å². The number of H-pyrrole nitrogens is 1. The standard InChI is InChI=1S/C30H18N2S/c1-2-10-20(11-3-1)32-28-22-13-7-5-9-19(22)14-16-23(28)26-27-25-21-12-6-4-8-18(21)15-17-24(25)31-29(27)33-30(26)32/h1-17,31H. The van der Waals surface area contributed by atoms with Gasteiger partial charge in [-0.05, 0) is 34.4 Å². The molecule has 0 aliphatic rings. The lowest BCUT2D eigenvalue weighted by Crippen LogP contribution is -1.92. The van der Waals surface area contributed by atoms with Crippen LogP contribution >= 0.6 is 11.3 Å².